The summed E-state index contributed by atoms with van der Waals surface area (Å²) in [7, 11) is 0. The molecule has 8 nitrogen and oxygen atoms in total. The van der Waals surface area contributed by atoms with Crippen LogP contribution in [-0.2, 0) is 11.2 Å². The highest BCUT2D eigenvalue weighted by atomic mass is 32.1. The number of aromatic nitrogens is 3. The number of ether oxygens (including phenoxy) is 1. The minimum Gasteiger partial charge on any atom is -0.494 e. The van der Waals surface area contributed by atoms with Gasteiger partial charge in [-0.1, -0.05) is 30.4 Å². The number of carbonyl (C=O) groups is 1. The number of hydrogen-bond acceptors (Lipinski definition) is 7. The third kappa shape index (κ3) is 3.87. The zero-order valence-corrected chi connectivity index (χ0v) is 18.4. The second-order valence-corrected chi connectivity index (χ2v) is 8.32. The van der Waals surface area contributed by atoms with Gasteiger partial charge in [0.2, 0.25) is 16.7 Å². The Morgan fingerprint density at radius 3 is 2.47 bits per heavy atom. The van der Waals surface area contributed by atoms with Gasteiger partial charge >= 0.3 is 0 Å². The van der Waals surface area contributed by atoms with Crippen LogP contribution in [0.15, 0.2) is 24.3 Å². The van der Waals surface area contributed by atoms with Gasteiger partial charge in [-0.2, -0.15) is 4.52 Å². The number of thiazole rings is 1. The second kappa shape index (κ2) is 8.61. The molecule has 30 heavy (non-hydrogen) atoms. The molecule has 1 atom stereocenters. The average Bonchev–Trinajstić information content (AvgIpc) is 3.29. The SMILES string of the molecule is CCOc1ccc([C@@H](c2sc3nc(CC)nn3c2O)N2CCN(C(C)=O)CC2)cc1. The van der Waals surface area contributed by atoms with E-state index in [4.69, 9.17) is 4.74 Å². The molecule has 1 amide bonds. The van der Waals surface area contributed by atoms with Crippen LogP contribution in [0.3, 0.4) is 0 Å². The molecule has 1 aliphatic heterocycles. The van der Waals surface area contributed by atoms with Crippen molar-refractivity contribution in [3.63, 3.8) is 0 Å². The van der Waals surface area contributed by atoms with Crippen molar-refractivity contribution in [1.29, 1.82) is 0 Å². The van der Waals surface area contributed by atoms with Gasteiger partial charge in [-0.15, -0.1) is 5.10 Å². The summed E-state index contributed by atoms with van der Waals surface area (Å²) in [6.45, 7) is 8.97. The van der Waals surface area contributed by atoms with E-state index in [-0.39, 0.29) is 17.8 Å². The number of piperazine rings is 1. The van der Waals surface area contributed by atoms with Gasteiger partial charge in [0.25, 0.3) is 0 Å². The average molecular weight is 430 g/mol. The molecule has 1 N–H and O–H groups in total. The number of benzene rings is 1. The van der Waals surface area contributed by atoms with Crippen molar-refractivity contribution >= 4 is 22.2 Å². The molecule has 2 aromatic heterocycles. The molecule has 160 valence electrons. The lowest BCUT2D eigenvalue weighted by Gasteiger charge is -2.38. The Balaban J connectivity index is 1.71. The van der Waals surface area contributed by atoms with Crippen LogP contribution in [0.1, 0.15) is 43.1 Å². The Morgan fingerprint density at radius 1 is 1.20 bits per heavy atom. The maximum absolute atomic E-state index is 11.7. The number of carbonyl (C=O) groups excluding carboxylic acids is 1. The van der Waals surface area contributed by atoms with Crippen LogP contribution in [-0.4, -0.2) is 68.2 Å². The fourth-order valence-electron chi connectivity index (χ4n) is 3.85. The Bertz CT molecular complexity index is 1020. The normalized spacial score (nSPS) is 16.2. The van der Waals surface area contributed by atoms with E-state index in [2.05, 4.69) is 15.0 Å². The highest BCUT2D eigenvalue weighted by Crippen LogP contribution is 2.40. The topological polar surface area (TPSA) is 83.2 Å². The number of aromatic hydroxyl groups is 1. The van der Waals surface area contributed by atoms with Crippen LogP contribution in [0.25, 0.3) is 4.96 Å². The lowest BCUT2D eigenvalue weighted by Crippen LogP contribution is -2.49. The molecule has 9 heteroatoms. The predicted molar refractivity (Wildman–Crippen MR) is 115 cm³/mol. The zero-order valence-electron chi connectivity index (χ0n) is 17.5. The van der Waals surface area contributed by atoms with Crippen LogP contribution < -0.4 is 4.74 Å². The monoisotopic (exact) mass is 429 g/mol. The van der Waals surface area contributed by atoms with E-state index in [1.54, 1.807) is 6.92 Å². The van der Waals surface area contributed by atoms with Crippen LogP contribution in [0.5, 0.6) is 11.6 Å². The Hall–Kier alpha value is -2.65. The first-order valence-corrected chi connectivity index (χ1v) is 11.1. The number of nitrogens with zero attached hydrogens (tertiary/aromatic N) is 5. The summed E-state index contributed by atoms with van der Waals surface area (Å²) in [4.78, 5) is 21.9. The van der Waals surface area contributed by atoms with Gasteiger partial charge in [-0.3, -0.25) is 9.69 Å². The summed E-state index contributed by atoms with van der Waals surface area (Å²) in [5.41, 5.74) is 1.06. The Kier molecular flexibility index (Phi) is 5.92. The smallest absolute Gasteiger partial charge is 0.230 e. The van der Waals surface area contributed by atoms with Crippen molar-refractivity contribution in [3.05, 3.63) is 40.5 Å². The highest BCUT2D eigenvalue weighted by molar-refractivity contribution is 7.17. The molecule has 1 saturated heterocycles. The fraction of sp³-hybridized carbons (Fsp3) is 0.476. The number of fused-ring (bicyclic) bond motifs is 1. The Labute approximate surface area is 179 Å². The van der Waals surface area contributed by atoms with Gasteiger partial charge < -0.3 is 14.7 Å². The molecule has 0 radical (unpaired) electrons. The molecule has 1 aromatic carbocycles. The molecule has 0 bridgehead atoms. The standard InChI is InChI=1S/C21H27N5O3S/c1-4-17-22-21-26(23-17)20(28)19(30-21)18(15-6-8-16(9-7-15)29-5-2)25-12-10-24(11-13-25)14(3)27/h6-9,18,28H,4-5,10-13H2,1-3H3/t18-/m0/s1. The third-order valence-corrected chi connectivity index (χ3v) is 6.51. The molecule has 4 rings (SSSR count). The summed E-state index contributed by atoms with van der Waals surface area (Å²) in [5.74, 6) is 1.77. The van der Waals surface area contributed by atoms with E-state index in [1.807, 2.05) is 43.0 Å². The lowest BCUT2D eigenvalue weighted by atomic mass is 10.0. The number of hydrogen-bond donors (Lipinski definition) is 1. The third-order valence-electron chi connectivity index (χ3n) is 5.44. The number of rotatable bonds is 6. The van der Waals surface area contributed by atoms with Crippen molar-refractivity contribution in [2.75, 3.05) is 32.8 Å². The molecule has 1 aliphatic rings. The van der Waals surface area contributed by atoms with Crippen molar-refractivity contribution in [2.45, 2.75) is 33.2 Å². The van der Waals surface area contributed by atoms with Crippen molar-refractivity contribution in [2.24, 2.45) is 0 Å². The molecule has 3 aromatic rings. The highest BCUT2D eigenvalue weighted by Gasteiger charge is 2.32. The molecule has 0 saturated carbocycles. The summed E-state index contributed by atoms with van der Waals surface area (Å²) in [6, 6.07) is 7.86. The second-order valence-electron chi connectivity index (χ2n) is 7.31. The molecule has 1 fully saturated rings. The van der Waals surface area contributed by atoms with Gasteiger partial charge in [-0.05, 0) is 24.6 Å². The van der Waals surface area contributed by atoms with Gasteiger partial charge in [0.15, 0.2) is 5.82 Å². The molecule has 0 unspecified atom stereocenters. The first-order chi connectivity index (χ1) is 14.5. The van der Waals surface area contributed by atoms with E-state index in [0.29, 0.717) is 24.7 Å². The lowest BCUT2D eigenvalue weighted by molar-refractivity contribution is -0.130. The predicted octanol–water partition coefficient (Wildman–Crippen LogP) is 2.71. The number of aryl methyl sites for hydroxylation is 1. The van der Waals surface area contributed by atoms with Crippen LogP contribution in [0, 0.1) is 0 Å². The first kappa shape index (κ1) is 20.6. The van der Waals surface area contributed by atoms with Gasteiger partial charge in [0.05, 0.1) is 17.5 Å². The summed E-state index contributed by atoms with van der Waals surface area (Å²) in [6.07, 6.45) is 0.721. The zero-order chi connectivity index (χ0) is 21.3. The fourth-order valence-corrected chi connectivity index (χ4v) is 4.99. The minimum atomic E-state index is -0.145. The molecule has 3 heterocycles. The van der Waals surface area contributed by atoms with E-state index >= 15 is 0 Å². The summed E-state index contributed by atoms with van der Waals surface area (Å²) in [5, 5.41) is 15.4. The van der Waals surface area contributed by atoms with Crippen molar-refractivity contribution in [1.82, 2.24) is 24.4 Å². The largest absolute Gasteiger partial charge is 0.494 e. The van der Waals surface area contributed by atoms with Crippen LogP contribution in [0.2, 0.25) is 0 Å². The van der Waals surface area contributed by atoms with Crippen molar-refractivity contribution < 1.29 is 14.6 Å². The quantitative estimate of drug-likeness (QED) is 0.649. The van der Waals surface area contributed by atoms with E-state index < -0.39 is 0 Å². The van der Waals surface area contributed by atoms with Crippen LogP contribution in [0.4, 0.5) is 0 Å². The number of amides is 1. The molecular weight excluding hydrogens is 402 g/mol. The Morgan fingerprint density at radius 2 is 1.90 bits per heavy atom. The maximum atomic E-state index is 11.7. The van der Waals surface area contributed by atoms with E-state index in [0.717, 1.165) is 41.5 Å². The van der Waals surface area contributed by atoms with Crippen molar-refractivity contribution in [3.8, 4) is 11.6 Å². The molecule has 0 aliphatic carbocycles. The van der Waals surface area contributed by atoms with Gasteiger partial charge in [0.1, 0.15) is 5.75 Å². The summed E-state index contributed by atoms with van der Waals surface area (Å²) < 4.78 is 7.12. The van der Waals surface area contributed by atoms with E-state index in [9.17, 15) is 9.90 Å². The first-order valence-electron chi connectivity index (χ1n) is 10.3. The van der Waals surface area contributed by atoms with E-state index in [1.165, 1.54) is 15.9 Å². The summed E-state index contributed by atoms with van der Waals surface area (Å²) >= 11 is 1.46. The minimum absolute atomic E-state index is 0.0982. The van der Waals surface area contributed by atoms with Gasteiger partial charge in [-0.25, -0.2) is 4.98 Å². The van der Waals surface area contributed by atoms with Gasteiger partial charge in [0, 0.05) is 39.5 Å². The molecular formula is C21H27N5O3S. The maximum Gasteiger partial charge on any atom is 0.230 e. The van der Waals surface area contributed by atoms with Crippen LogP contribution >= 0.6 is 11.3 Å². The molecule has 0 spiro atoms.